The average molecular weight is 436 g/mol. The number of aromatic nitrogens is 2. The van der Waals surface area contributed by atoms with Crippen LogP contribution in [0.15, 0.2) is 49.4 Å². The Bertz CT molecular complexity index is 984. The minimum atomic E-state index is 0. The SMILES string of the molecule is C=C(NCc1cc2cc(Cl)ccc2[nH]1)NC1CCCN(C(=C)c2nc[c-]s2)C1.[Na+]. The van der Waals surface area contributed by atoms with Crippen LogP contribution in [0, 0.1) is 5.38 Å². The molecule has 0 bridgehead atoms. The van der Waals surface area contributed by atoms with Crippen molar-refractivity contribution in [1.29, 1.82) is 0 Å². The summed E-state index contributed by atoms with van der Waals surface area (Å²) in [5.41, 5.74) is 3.16. The molecule has 8 heteroatoms. The van der Waals surface area contributed by atoms with Crippen LogP contribution in [0.2, 0.25) is 5.02 Å². The number of aromatic amines is 1. The molecule has 1 unspecified atom stereocenters. The van der Waals surface area contributed by atoms with Gasteiger partial charge < -0.3 is 36.8 Å². The van der Waals surface area contributed by atoms with Crippen LogP contribution >= 0.6 is 22.9 Å². The van der Waals surface area contributed by atoms with Crippen LogP contribution in [-0.2, 0) is 6.54 Å². The molecular formula is C21H23ClN5NaS. The number of hydrogen-bond donors (Lipinski definition) is 3. The quantitative estimate of drug-likeness (QED) is 0.387. The standard InChI is InChI=1S/C21H23ClN5S.Na/c1-14(21-23-7-9-28-21)27-8-3-4-18(13-27)25-15(2)24-12-19-11-16-10-17(22)5-6-20(16)26-19;/h5-7,10-11,18,24-26H,1-4,8,12-13H2;/q-1;+1. The molecule has 3 aromatic rings. The second-order valence-electron chi connectivity index (χ2n) is 7.02. The third kappa shape index (κ3) is 5.58. The zero-order chi connectivity index (χ0) is 19.5. The molecule has 5 nitrogen and oxygen atoms in total. The topological polar surface area (TPSA) is 56.0 Å². The number of H-pyrrole nitrogens is 1. The summed E-state index contributed by atoms with van der Waals surface area (Å²) in [5, 5.41) is 12.7. The number of nitrogens with zero attached hydrogens (tertiary/aromatic N) is 2. The number of halogens is 1. The van der Waals surface area contributed by atoms with Crippen molar-refractivity contribution in [3.63, 3.8) is 0 Å². The third-order valence-electron chi connectivity index (χ3n) is 4.95. The molecule has 1 atom stereocenters. The van der Waals surface area contributed by atoms with E-state index in [-0.39, 0.29) is 29.6 Å². The van der Waals surface area contributed by atoms with Crippen molar-refractivity contribution >= 4 is 39.5 Å². The smallest absolute Gasteiger partial charge is 0.383 e. The molecular weight excluding hydrogens is 413 g/mol. The molecule has 29 heavy (non-hydrogen) atoms. The minimum Gasteiger partial charge on any atom is -0.383 e. The van der Waals surface area contributed by atoms with Crippen LogP contribution in [0.1, 0.15) is 23.5 Å². The maximum atomic E-state index is 6.06. The molecule has 0 amide bonds. The zero-order valence-corrected chi connectivity index (χ0v) is 20.2. The van der Waals surface area contributed by atoms with Crippen LogP contribution in [0.25, 0.3) is 16.6 Å². The summed E-state index contributed by atoms with van der Waals surface area (Å²) in [4.78, 5) is 10.0. The van der Waals surface area contributed by atoms with E-state index in [2.05, 4.69) is 50.1 Å². The largest absolute Gasteiger partial charge is 1.00 e. The van der Waals surface area contributed by atoms with E-state index in [4.69, 9.17) is 11.6 Å². The predicted octanol–water partition coefficient (Wildman–Crippen LogP) is 1.37. The Kier molecular flexibility index (Phi) is 7.71. The summed E-state index contributed by atoms with van der Waals surface area (Å²) in [7, 11) is 0. The van der Waals surface area contributed by atoms with Gasteiger partial charge in [-0.05, 0) is 47.8 Å². The molecule has 3 heterocycles. The Morgan fingerprint density at radius 3 is 3.03 bits per heavy atom. The van der Waals surface area contributed by atoms with E-state index in [1.54, 1.807) is 6.20 Å². The molecule has 146 valence electrons. The van der Waals surface area contributed by atoms with Crippen molar-refractivity contribution in [3.05, 3.63) is 70.5 Å². The van der Waals surface area contributed by atoms with Crippen LogP contribution in [0.5, 0.6) is 0 Å². The van der Waals surface area contributed by atoms with E-state index in [1.165, 1.54) is 11.3 Å². The van der Waals surface area contributed by atoms with Gasteiger partial charge in [0, 0.05) is 40.8 Å². The number of nitrogens with one attached hydrogen (secondary N) is 3. The van der Waals surface area contributed by atoms with Crippen molar-refractivity contribution in [2.24, 2.45) is 0 Å². The maximum Gasteiger partial charge on any atom is 1.00 e. The summed E-state index contributed by atoms with van der Waals surface area (Å²) in [6.07, 6.45) is 3.93. The molecule has 4 rings (SSSR count). The van der Waals surface area contributed by atoms with E-state index in [1.807, 2.05) is 18.2 Å². The van der Waals surface area contributed by atoms with Gasteiger partial charge in [-0.2, -0.15) is 5.38 Å². The molecule has 0 saturated carbocycles. The van der Waals surface area contributed by atoms with E-state index in [9.17, 15) is 0 Å². The molecule has 1 aliphatic heterocycles. The van der Waals surface area contributed by atoms with E-state index < -0.39 is 0 Å². The van der Waals surface area contributed by atoms with Crippen LogP contribution in [-0.4, -0.2) is 34.0 Å². The Hall–Kier alpha value is -1.44. The second kappa shape index (κ2) is 10.0. The Morgan fingerprint density at radius 2 is 2.24 bits per heavy atom. The van der Waals surface area contributed by atoms with E-state index in [0.29, 0.717) is 12.6 Å². The third-order valence-corrected chi connectivity index (χ3v) is 5.94. The first-order valence-corrected chi connectivity index (χ1v) is 10.5. The Labute approximate surface area is 202 Å². The van der Waals surface area contributed by atoms with Gasteiger partial charge >= 0.3 is 29.6 Å². The first kappa shape index (κ1) is 22.2. The zero-order valence-electron chi connectivity index (χ0n) is 16.6. The van der Waals surface area contributed by atoms with E-state index in [0.717, 1.165) is 64.1 Å². The normalized spacial score (nSPS) is 16.3. The van der Waals surface area contributed by atoms with Crippen molar-refractivity contribution in [2.45, 2.75) is 25.4 Å². The fourth-order valence-electron chi connectivity index (χ4n) is 3.56. The summed E-state index contributed by atoms with van der Waals surface area (Å²) >= 11 is 7.57. The van der Waals surface area contributed by atoms with Gasteiger partial charge in [-0.15, -0.1) is 0 Å². The monoisotopic (exact) mass is 435 g/mol. The molecule has 0 radical (unpaired) electrons. The first-order chi connectivity index (χ1) is 13.6. The van der Waals surface area contributed by atoms with E-state index >= 15 is 0 Å². The van der Waals surface area contributed by atoms with Crippen molar-refractivity contribution in [1.82, 2.24) is 25.5 Å². The second-order valence-corrected chi connectivity index (χ2v) is 8.28. The van der Waals surface area contributed by atoms with Crippen molar-refractivity contribution < 1.29 is 29.6 Å². The average Bonchev–Trinajstić information content (AvgIpc) is 3.35. The molecule has 1 aliphatic rings. The number of thiazole rings is 1. The summed E-state index contributed by atoms with van der Waals surface area (Å²) in [6.45, 7) is 10.9. The molecule has 0 aliphatic carbocycles. The van der Waals surface area contributed by atoms with Crippen LogP contribution < -0.4 is 40.2 Å². The number of rotatable bonds is 7. The number of piperidine rings is 1. The number of fused-ring (bicyclic) bond motifs is 1. The summed E-state index contributed by atoms with van der Waals surface area (Å²) in [5.74, 6) is 0.830. The van der Waals surface area contributed by atoms with Gasteiger partial charge in [0.25, 0.3) is 0 Å². The van der Waals surface area contributed by atoms with Crippen molar-refractivity contribution in [3.8, 4) is 0 Å². The van der Waals surface area contributed by atoms with Crippen LogP contribution in [0.4, 0.5) is 0 Å². The molecule has 3 N–H and O–H groups in total. The van der Waals surface area contributed by atoms with Gasteiger partial charge in [0.05, 0.1) is 12.4 Å². The molecule has 1 fully saturated rings. The fourth-order valence-corrected chi connectivity index (χ4v) is 4.31. The molecule has 1 saturated heterocycles. The fraction of sp³-hybridized carbons (Fsp3) is 0.286. The van der Waals surface area contributed by atoms with Gasteiger partial charge in [-0.3, -0.25) is 0 Å². The number of benzene rings is 1. The summed E-state index contributed by atoms with van der Waals surface area (Å²) in [6, 6.07) is 8.30. The maximum absolute atomic E-state index is 6.06. The van der Waals surface area contributed by atoms with Crippen LogP contribution in [0.3, 0.4) is 0 Å². The number of hydrogen-bond acceptors (Lipinski definition) is 5. The van der Waals surface area contributed by atoms with Gasteiger partial charge in [0.1, 0.15) is 0 Å². The molecule has 1 aromatic carbocycles. The molecule has 2 aromatic heterocycles. The summed E-state index contributed by atoms with van der Waals surface area (Å²) < 4.78 is 0. The first-order valence-electron chi connectivity index (χ1n) is 9.31. The predicted molar refractivity (Wildman–Crippen MR) is 117 cm³/mol. The van der Waals surface area contributed by atoms with Gasteiger partial charge in [-0.1, -0.05) is 31.0 Å². The minimum absolute atomic E-state index is 0. The van der Waals surface area contributed by atoms with Gasteiger partial charge in [-0.25, -0.2) is 0 Å². The van der Waals surface area contributed by atoms with Gasteiger partial charge in [0.15, 0.2) is 0 Å². The van der Waals surface area contributed by atoms with Crippen molar-refractivity contribution in [2.75, 3.05) is 13.1 Å². The Morgan fingerprint density at radius 1 is 1.38 bits per heavy atom. The number of likely N-dealkylation sites (tertiary alicyclic amines) is 1. The van der Waals surface area contributed by atoms with Gasteiger partial charge in [0.2, 0.25) is 0 Å². The molecule has 0 spiro atoms. The Balaban J connectivity index is 0.00000240.